The molecular formula is C9H12N2. The molecule has 1 aromatic heterocycles. The Labute approximate surface area is 67.2 Å². The van der Waals surface area contributed by atoms with Crippen LogP contribution in [-0.2, 0) is 6.42 Å². The summed E-state index contributed by atoms with van der Waals surface area (Å²) in [4.78, 5) is 0. The van der Waals surface area contributed by atoms with Crippen molar-refractivity contribution in [3.63, 3.8) is 0 Å². The van der Waals surface area contributed by atoms with Crippen LogP contribution in [0.3, 0.4) is 0 Å². The van der Waals surface area contributed by atoms with Crippen molar-refractivity contribution < 1.29 is 0 Å². The van der Waals surface area contributed by atoms with E-state index in [1.54, 1.807) is 6.20 Å². The van der Waals surface area contributed by atoms with Gasteiger partial charge in [0, 0.05) is 11.9 Å². The second-order valence-electron chi connectivity index (χ2n) is 2.46. The highest BCUT2D eigenvalue weighted by molar-refractivity contribution is 5.06. The Hall–Kier alpha value is -1.23. The Morgan fingerprint density at radius 3 is 3.09 bits per heavy atom. The van der Waals surface area contributed by atoms with E-state index in [-0.39, 0.29) is 6.04 Å². The Morgan fingerprint density at radius 2 is 2.55 bits per heavy atom. The van der Waals surface area contributed by atoms with E-state index in [9.17, 15) is 0 Å². The minimum atomic E-state index is 0.0694. The number of terminal acetylenes is 1. The fraction of sp³-hybridized carbons (Fsp3) is 0.444. The molecule has 0 amide bonds. The van der Waals surface area contributed by atoms with Gasteiger partial charge >= 0.3 is 0 Å². The largest absolute Gasteiger partial charge is 0.255 e. The molecule has 0 spiro atoms. The van der Waals surface area contributed by atoms with Crippen LogP contribution in [0.25, 0.3) is 0 Å². The van der Waals surface area contributed by atoms with E-state index >= 15 is 0 Å². The molecule has 1 aromatic rings. The Morgan fingerprint density at radius 1 is 1.82 bits per heavy atom. The zero-order valence-electron chi connectivity index (χ0n) is 6.91. The summed E-state index contributed by atoms with van der Waals surface area (Å²) in [5, 5.41) is 4.13. The molecule has 0 saturated carbocycles. The Kier molecular flexibility index (Phi) is 2.32. The second kappa shape index (κ2) is 3.25. The van der Waals surface area contributed by atoms with Gasteiger partial charge in [-0.05, 0) is 19.4 Å². The van der Waals surface area contributed by atoms with Crippen LogP contribution in [0.4, 0.5) is 0 Å². The van der Waals surface area contributed by atoms with Gasteiger partial charge in [-0.15, -0.1) is 6.42 Å². The molecule has 0 bridgehead atoms. The molecule has 0 saturated heterocycles. The first-order chi connectivity index (χ1) is 5.29. The predicted molar refractivity (Wildman–Crippen MR) is 45.1 cm³/mol. The van der Waals surface area contributed by atoms with Crippen molar-refractivity contribution in [2.24, 2.45) is 0 Å². The summed E-state index contributed by atoms with van der Waals surface area (Å²) < 4.78 is 1.88. The summed E-state index contributed by atoms with van der Waals surface area (Å²) in [5.41, 5.74) is 1.19. The lowest BCUT2D eigenvalue weighted by Gasteiger charge is -2.07. The lowest BCUT2D eigenvalue weighted by atomic mass is 10.3. The average Bonchev–Trinajstić information content (AvgIpc) is 2.50. The molecule has 0 N–H and O–H groups in total. The highest BCUT2D eigenvalue weighted by Gasteiger charge is 2.04. The second-order valence-corrected chi connectivity index (χ2v) is 2.46. The Bertz CT molecular complexity index is 267. The van der Waals surface area contributed by atoms with Gasteiger partial charge in [0.05, 0.1) is 0 Å². The van der Waals surface area contributed by atoms with Crippen molar-refractivity contribution in [3.05, 3.63) is 18.0 Å². The maximum atomic E-state index is 5.28. The highest BCUT2D eigenvalue weighted by atomic mass is 15.3. The molecule has 1 atom stereocenters. The SMILES string of the molecule is C#CC(C)n1nccc1CC. The average molecular weight is 148 g/mol. The molecule has 0 radical (unpaired) electrons. The van der Waals surface area contributed by atoms with Crippen molar-refractivity contribution >= 4 is 0 Å². The van der Waals surface area contributed by atoms with E-state index < -0.39 is 0 Å². The van der Waals surface area contributed by atoms with Gasteiger partial charge in [-0.3, -0.25) is 4.68 Å². The van der Waals surface area contributed by atoms with Crippen molar-refractivity contribution in [1.82, 2.24) is 9.78 Å². The van der Waals surface area contributed by atoms with Crippen molar-refractivity contribution in [2.75, 3.05) is 0 Å². The van der Waals surface area contributed by atoms with E-state index in [2.05, 4.69) is 17.9 Å². The topological polar surface area (TPSA) is 17.8 Å². The molecule has 1 heterocycles. The van der Waals surface area contributed by atoms with E-state index in [4.69, 9.17) is 6.42 Å². The molecule has 0 aromatic carbocycles. The van der Waals surface area contributed by atoms with Crippen LogP contribution < -0.4 is 0 Å². The number of rotatable bonds is 2. The standard InChI is InChI=1S/C9H12N2/c1-4-8(3)11-9(5-2)6-7-10-11/h1,6-8H,5H2,2-3H3. The molecule has 11 heavy (non-hydrogen) atoms. The summed E-state index contributed by atoms with van der Waals surface area (Å²) in [6.45, 7) is 4.06. The van der Waals surface area contributed by atoms with Gasteiger partial charge in [-0.25, -0.2) is 0 Å². The first kappa shape index (κ1) is 7.87. The van der Waals surface area contributed by atoms with Gasteiger partial charge in [0.15, 0.2) is 0 Å². The molecule has 1 unspecified atom stereocenters. The fourth-order valence-electron chi connectivity index (χ4n) is 1.04. The molecule has 0 aliphatic heterocycles. The Balaban J connectivity index is 2.94. The monoisotopic (exact) mass is 148 g/mol. The van der Waals surface area contributed by atoms with Crippen molar-refractivity contribution in [1.29, 1.82) is 0 Å². The zero-order valence-corrected chi connectivity index (χ0v) is 6.91. The lowest BCUT2D eigenvalue weighted by molar-refractivity contribution is 0.570. The fourth-order valence-corrected chi connectivity index (χ4v) is 1.04. The van der Waals surface area contributed by atoms with Gasteiger partial charge in [0.1, 0.15) is 6.04 Å². The molecule has 2 heteroatoms. The van der Waals surface area contributed by atoms with Gasteiger partial charge in [-0.2, -0.15) is 5.10 Å². The summed E-state index contributed by atoms with van der Waals surface area (Å²) >= 11 is 0. The third-order valence-electron chi connectivity index (χ3n) is 1.72. The van der Waals surface area contributed by atoms with Gasteiger partial charge < -0.3 is 0 Å². The number of aromatic nitrogens is 2. The van der Waals surface area contributed by atoms with E-state index in [0.717, 1.165) is 6.42 Å². The van der Waals surface area contributed by atoms with Gasteiger partial charge in [0.25, 0.3) is 0 Å². The maximum Gasteiger partial charge on any atom is 0.109 e. The third kappa shape index (κ3) is 1.43. The molecule has 0 fully saturated rings. The first-order valence-electron chi connectivity index (χ1n) is 3.78. The highest BCUT2D eigenvalue weighted by Crippen LogP contribution is 2.07. The lowest BCUT2D eigenvalue weighted by Crippen LogP contribution is -2.07. The molecule has 58 valence electrons. The minimum absolute atomic E-state index is 0.0694. The molecule has 1 rings (SSSR count). The maximum absolute atomic E-state index is 5.28. The number of aryl methyl sites for hydroxylation is 1. The van der Waals surface area contributed by atoms with Crippen LogP contribution in [0.1, 0.15) is 25.6 Å². The summed E-state index contributed by atoms with van der Waals surface area (Å²) in [6, 6.07) is 2.06. The molecule has 0 aliphatic carbocycles. The summed E-state index contributed by atoms with van der Waals surface area (Å²) in [6.07, 6.45) is 8.04. The van der Waals surface area contributed by atoms with Crippen LogP contribution in [-0.4, -0.2) is 9.78 Å². The number of nitrogens with zero attached hydrogens (tertiary/aromatic N) is 2. The van der Waals surface area contributed by atoms with E-state index in [1.165, 1.54) is 5.69 Å². The normalized spacial score (nSPS) is 12.5. The van der Waals surface area contributed by atoms with Crippen LogP contribution in [0.15, 0.2) is 12.3 Å². The summed E-state index contributed by atoms with van der Waals surface area (Å²) in [5.74, 6) is 2.64. The molecular weight excluding hydrogens is 136 g/mol. The van der Waals surface area contributed by atoms with Gasteiger partial charge in [0.2, 0.25) is 0 Å². The number of hydrogen-bond acceptors (Lipinski definition) is 1. The van der Waals surface area contributed by atoms with Crippen molar-refractivity contribution in [2.45, 2.75) is 26.3 Å². The predicted octanol–water partition coefficient (Wildman–Crippen LogP) is 1.64. The molecule has 0 aliphatic rings. The minimum Gasteiger partial charge on any atom is -0.255 e. The zero-order chi connectivity index (χ0) is 8.27. The van der Waals surface area contributed by atoms with Gasteiger partial charge in [-0.1, -0.05) is 12.8 Å². The van der Waals surface area contributed by atoms with Crippen LogP contribution in [0, 0.1) is 12.3 Å². The smallest absolute Gasteiger partial charge is 0.109 e. The third-order valence-corrected chi connectivity index (χ3v) is 1.72. The molecule has 2 nitrogen and oxygen atoms in total. The van der Waals surface area contributed by atoms with E-state index in [1.807, 2.05) is 17.7 Å². The van der Waals surface area contributed by atoms with Crippen molar-refractivity contribution in [3.8, 4) is 12.3 Å². The van der Waals surface area contributed by atoms with Crippen LogP contribution in [0.5, 0.6) is 0 Å². The van der Waals surface area contributed by atoms with E-state index in [0.29, 0.717) is 0 Å². The summed E-state index contributed by atoms with van der Waals surface area (Å²) in [7, 11) is 0. The first-order valence-corrected chi connectivity index (χ1v) is 3.78. The van der Waals surface area contributed by atoms with Crippen LogP contribution in [0.2, 0.25) is 0 Å². The van der Waals surface area contributed by atoms with Crippen LogP contribution >= 0.6 is 0 Å². The quantitative estimate of drug-likeness (QED) is 0.583. The number of hydrogen-bond donors (Lipinski definition) is 0.